The van der Waals surface area contributed by atoms with Gasteiger partial charge in [0, 0.05) is 17.9 Å². The van der Waals surface area contributed by atoms with E-state index in [1.165, 1.54) is 12.8 Å². The molecule has 0 aliphatic heterocycles. The van der Waals surface area contributed by atoms with Crippen LogP contribution in [-0.2, 0) is 4.79 Å². The second-order valence-electron chi connectivity index (χ2n) is 4.94. The second-order valence-corrected chi connectivity index (χ2v) is 4.94. The standard InChI is InChI=1S/C14H21N3O/c1-2-17(9-11-3-4-11)10-14(18)16-13-7-5-12(15)6-8-13/h5-8,11H,2-4,9-10,15H2,1H3,(H,16,18). The van der Waals surface area contributed by atoms with Crippen molar-refractivity contribution in [1.29, 1.82) is 0 Å². The molecule has 18 heavy (non-hydrogen) atoms. The van der Waals surface area contributed by atoms with Crippen LogP contribution in [0, 0.1) is 5.92 Å². The Kier molecular flexibility index (Phi) is 4.20. The molecule has 1 aliphatic carbocycles. The van der Waals surface area contributed by atoms with E-state index in [1.807, 2.05) is 12.1 Å². The van der Waals surface area contributed by atoms with E-state index in [0.717, 1.165) is 24.7 Å². The van der Waals surface area contributed by atoms with Crippen LogP contribution in [0.2, 0.25) is 0 Å². The SMILES string of the molecule is CCN(CC(=O)Nc1ccc(N)cc1)CC1CC1. The third kappa shape index (κ3) is 4.04. The average molecular weight is 247 g/mol. The summed E-state index contributed by atoms with van der Waals surface area (Å²) in [6, 6.07) is 7.23. The number of rotatable bonds is 6. The lowest BCUT2D eigenvalue weighted by molar-refractivity contribution is -0.117. The van der Waals surface area contributed by atoms with Crippen LogP contribution in [0.15, 0.2) is 24.3 Å². The van der Waals surface area contributed by atoms with Gasteiger partial charge in [-0.15, -0.1) is 0 Å². The Bertz CT molecular complexity index is 398. The van der Waals surface area contributed by atoms with Gasteiger partial charge in [0.15, 0.2) is 0 Å². The van der Waals surface area contributed by atoms with Crippen LogP contribution < -0.4 is 11.1 Å². The Morgan fingerprint density at radius 1 is 1.39 bits per heavy atom. The first-order chi connectivity index (χ1) is 8.67. The summed E-state index contributed by atoms with van der Waals surface area (Å²) in [5.41, 5.74) is 7.11. The van der Waals surface area contributed by atoms with Crippen molar-refractivity contribution in [3.05, 3.63) is 24.3 Å². The Morgan fingerprint density at radius 3 is 2.61 bits per heavy atom. The summed E-state index contributed by atoms with van der Waals surface area (Å²) >= 11 is 0. The third-order valence-electron chi connectivity index (χ3n) is 3.22. The van der Waals surface area contributed by atoms with E-state index in [2.05, 4.69) is 17.1 Å². The number of nitrogen functional groups attached to an aromatic ring is 1. The fourth-order valence-corrected chi connectivity index (χ4v) is 1.94. The molecule has 1 aromatic rings. The number of benzene rings is 1. The lowest BCUT2D eigenvalue weighted by Crippen LogP contribution is -2.34. The van der Waals surface area contributed by atoms with Crippen molar-refractivity contribution in [1.82, 2.24) is 4.90 Å². The van der Waals surface area contributed by atoms with Crippen LogP contribution >= 0.6 is 0 Å². The maximum Gasteiger partial charge on any atom is 0.238 e. The molecule has 1 fully saturated rings. The Morgan fingerprint density at radius 2 is 2.06 bits per heavy atom. The van der Waals surface area contributed by atoms with Crippen LogP contribution in [-0.4, -0.2) is 30.4 Å². The van der Waals surface area contributed by atoms with Crippen LogP contribution in [0.25, 0.3) is 0 Å². The van der Waals surface area contributed by atoms with Gasteiger partial charge in [0.25, 0.3) is 0 Å². The zero-order valence-corrected chi connectivity index (χ0v) is 10.9. The topological polar surface area (TPSA) is 58.4 Å². The van der Waals surface area contributed by atoms with Gasteiger partial charge in [-0.2, -0.15) is 0 Å². The quantitative estimate of drug-likeness (QED) is 0.755. The minimum atomic E-state index is 0.0438. The van der Waals surface area contributed by atoms with Crippen LogP contribution in [0.5, 0.6) is 0 Å². The van der Waals surface area contributed by atoms with E-state index in [0.29, 0.717) is 12.2 Å². The number of anilines is 2. The van der Waals surface area contributed by atoms with Crippen molar-refractivity contribution in [2.24, 2.45) is 5.92 Å². The van der Waals surface area contributed by atoms with E-state index in [1.54, 1.807) is 12.1 Å². The van der Waals surface area contributed by atoms with Crippen LogP contribution in [0.3, 0.4) is 0 Å². The number of hydrogen-bond donors (Lipinski definition) is 2. The summed E-state index contributed by atoms with van der Waals surface area (Å²) in [4.78, 5) is 14.1. The van der Waals surface area contributed by atoms with Gasteiger partial charge >= 0.3 is 0 Å². The normalized spacial score (nSPS) is 14.8. The molecule has 2 rings (SSSR count). The number of hydrogen-bond acceptors (Lipinski definition) is 3. The van der Waals surface area contributed by atoms with Gasteiger partial charge in [0.05, 0.1) is 6.54 Å². The van der Waals surface area contributed by atoms with Gasteiger partial charge in [-0.1, -0.05) is 6.92 Å². The molecule has 1 saturated carbocycles. The number of nitrogens with one attached hydrogen (secondary N) is 1. The molecule has 98 valence electrons. The molecular weight excluding hydrogens is 226 g/mol. The molecule has 0 heterocycles. The van der Waals surface area contributed by atoms with Gasteiger partial charge in [0.1, 0.15) is 0 Å². The van der Waals surface area contributed by atoms with E-state index in [4.69, 9.17) is 5.73 Å². The highest BCUT2D eigenvalue weighted by Gasteiger charge is 2.24. The van der Waals surface area contributed by atoms with Crippen LogP contribution in [0.1, 0.15) is 19.8 Å². The predicted octanol–water partition coefficient (Wildman–Crippen LogP) is 1.94. The van der Waals surface area contributed by atoms with Crippen molar-refractivity contribution in [3.8, 4) is 0 Å². The first-order valence-corrected chi connectivity index (χ1v) is 6.55. The zero-order valence-electron chi connectivity index (χ0n) is 10.9. The maximum absolute atomic E-state index is 11.9. The Hall–Kier alpha value is -1.55. The van der Waals surface area contributed by atoms with Gasteiger partial charge in [-0.25, -0.2) is 0 Å². The van der Waals surface area contributed by atoms with E-state index in [9.17, 15) is 4.79 Å². The van der Waals surface area contributed by atoms with Crippen molar-refractivity contribution >= 4 is 17.3 Å². The first kappa shape index (κ1) is 12.9. The zero-order chi connectivity index (χ0) is 13.0. The molecule has 0 spiro atoms. The van der Waals surface area contributed by atoms with Crippen molar-refractivity contribution in [3.63, 3.8) is 0 Å². The Balaban J connectivity index is 1.81. The van der Waals surface area contributed by atoms with Crippen molar-refractivity contribution < 1.29 is 4.79 Å². The van der Waals surface area contributed by atoms with E-state index < -0.39 is 0 Å². The van der Waals surface area contributed by atoms with E-state index >= 15 is 0 Å². The molecule has 0 saturated heterocycles. The van der Waals surface area contributed by atoms with Gasteiger partial charge in [-0.3, -0.25) is 9.69 Å². The molecule has 4 heteroatoms. The fourth-order valence-electron chi connectivity index (χ4n) is 1.94. The molecular formula is C14H21N3O. The number of carbonyl (C=O) groups excluding carboxylic acids is 1. The van der Waals surface area contributed by atoms with Gasteiger partial charge in [0.2, 0.25) is 5.91 Å². The Labute approximate surface area is 108 Å². The molecule has 4 nitrogen and oxygen atoms in total. The van der Waals surface area contributed by atoms with Crippen LogP contribution in [0.4, 0.5) is 11.4 Å². The monoisotopic (exact) mass is 247 g/mol. The molecule has 0 aromatic heterocycles. The number of carbonyl (C=O) groups is 1. The lowest BCUT2D eigenvalue weighted by Gasteiger charge is -2.19. The molecule has 0 bridgehead atoms. The molecule has 1 amide bonds. The predicted molar refractivity (Wildman–Crippen MR) is 74.3 cm³/mol. The number of amides is 1. The number of nitrogens with two attached hydrogens (primary N) is 1. The van der Waals surface area contributed by atoms with Crippen molar-refractivity contribution in [2.45, 2.75) is 19.8 Å². The first-order valence-electron chi connectivity index (χ1n) is 6.55. The average Bonchev–Trinajstić information content (AvgIpc) is 3.15. The highest BCUT2D eigenvalue weighted by molar-refractivity contribution is 5.92. The summed E-state index contributed by atoms with van der Waals surface area (Å²) in [6.07, 6.45) is 2.63. The summed E-state index contributed by atoms with van der Waals surface area (Å²) < 4.78 is 0. The number of likely N-dealkylation sites (N-methyl/N-ethyl adjacent to an activating group) is 1. The summed E-state index contributed by atoms with van der Waals surface area (Å²) in [6.45, 7) is 4.54. The summed E-state index contributed by atoms with van der Waals surface area (Å²) in [7, 11) is 0. The summed E-state index contributed by atoms with van der Waals surface area (Å²) in [5, 5.41) is 2.89. The highest BCUT2D eigenvalue weighted by Crippen LogP contribution is 2.29. The molecule has 0 unspecified atom stereocenters. The lowest BCUT2D eigenvalue weighted by atomic mass is 10.3. The molecule has 3 N–H and O–H groups in total. The smallest absolute Gasteiger partial charge is 0.238 e. The molecule has 0 atom stereocenters. The van der Waals surface area contributed by atoms with Gasteiger partial charge < -0.3 is 11.1 Å². The fraction of sp³-hybridized carbons (Fsp3) is 0.500. The van der Waals surface area contributed by atoms with Crippen molar-refractivity contribution in [2.75, 3.05) is 30.7 Å². The molecule has 1 aliphatic rings. The minimum absolute atomic E-state index is 0.0438. The third-order valence-corrected chi connectivity index (χ3v) is 3.22. The summed E-state index contributed by atoms with van der Waals surface area (Å²) in [5.74, 6) is 0.858. The number of nitrogens with zero attached hydrogens (tertiary/aromatic N) is 1. The highest BCUT2D eigenvalue weighted by atomic mass is 16.2. The minimum Gasteiger partial charge on any atom is -0.399 e. The second kappa shape index (κ2) is 5.87. The molecule has 0 radical (unpaired) electrons. The molecule has 1 aromatic carbocycles. The largest absolute Gasteiger partial charge is 0.399 e. The van der Waals surface area contributed by atoms with E-state index in [-0.39, 0.29) is 5.91 Å². The maximum atomic E-state index is 11.9. The van der Waals surface area contributed by atoms with Gasteiger partial charge in [-0.05, 0) is 49.6 Å².